The summed E-state index contributed by atoms with van der Waals surface area (Å²) in [4.78, 5) is 25.1. The second kappa shape index (κ2) is 7.09. The van der Waals surface area contributed by atoms with Gasteiger partial charge in [0.15, 0.2) is 0 Å². The molecule has 0 radical (unpaired) electrons. The van der Waals surface area contributed by atoms with Gasteiger partial charge in [-0.15, -0.1) is 11.8 Å². The molecule has 1 heterocycles. The summed E-state index contributed by atoms with van der Waals surface area (Å²) in [6.07, 6.45) is 0.489. The highest BCUT2D eigenvalue weighted by Crippen LogP contribution is 2.31. The topological polar surface area (TPSA) is 58.2 Å². The fourth-order valence-electron chi connectivity index (χ4n) is 2.52. The monoisotopic (exact) mass is 340 g/mol. The molecule has 0 fully saturated rings. The van der Waals surface area contributed by atoms with Crippen LogP contribution < -0.4 is 10.6 Å². The van der Waals surface area contributed by atoms with Crippen LogP contribution in [0, 0.1) is 0 Å². The van der Waals surface area contributed by atoms with Crippen LogP contribution in [0.5, 0.6) is 0 Å². The molecule has 0 saturated heterocycles. The van der Waals surface area contributed by atoms with Crippen LogP contribution in [0.3, 0.4) is 0 Å². The summed E-state index contributed by atoms with van der Waals surface area (Å²) in [6, 6.07) is 13.3. The number of thioether (sulfide) groups is 1. The van der Waals surface area contributed by atoms with Gasteiger partial charge in [0.2, 0.25) is 5.91 Å². The molecule has 4 nitrogen and oxygen atoms in total. The second-order valence-corrected chi connectivity index (χ2v) is 7.23. The minimum Gasteiger partial charge on any atom is -0.325 e. The van der Waals surface area contributed by atoms with Gasteiger partial charge in [-0.05, 0) is 41.8 Å². The maximum absolute atomic E-state index is 12.5. The van der Waals surface area contributed by atoms with Gasteiger partial charge in [-0.25, -0.2) is 0 Å². The van der Waals surface area contributed by atoms with Crippen molar-refractivity contribution in [2.75, 3.05) is 16.4 Å². The van der Waals surface area contributed by atoms with Gasteiger partial charge in [0.05, 0.1) is 5.69 Å². The summed E-state index contributed by atoms with van der Waals surface area (Å²) < 4.78 is 0. The summed E-state index contributed by atoms with van der Waals surface area (Å²) in [7, 11) is 0. The molecular weight excluding hydrogens is 320 g/mol. The Bertz CT molecular complexity index is 769. The molecule has 0 atom stereocenters. The fourth-order valence-corrected chi connectivity index (χ4v) is 3.45. The standard InChI is InChI=1S/C19H20N2O2S/c1-12(2)13-3-6-15(7-4-13)20-19(23)14-5-8-17-16(11-14)21-18(22)9-10-24-17/h3-8,11-12H,9-10H2,1-2H3,(H,20,23)(H,21,22). The van der Waals surface area contributed by atoms with Crippen molar-refractivity contribution < 1.29 is 9.59 Å². The lowest BCUT2D eigenvalue weighted by Crippen LogP contribution is -2.14. The highest BCUT2D eigenvalue weighted by atomic mass is 32.2. The van der Waals surface area contributed by atoms with E-state index in [-0.39, 0.29) is 11.8 Å². The Kier molecular flexibility index (Phi) is 4.90. The average molecular weight is 340 g/mol. The summed E-state index contributed by atoms with van der Waals surface area (Å²) in [6.45, 7) is 4.27. The number of anilines is 2. The first-order valence-corrected chi connectivity index (χ1v) is 8.99. The molecular formula is C19H20N2O2S. The van der Waals surface area contributed by atoms with Crippen molar-refractivity contribution in [2.45, 2.75) is 31.1 Å². The number of amides is 2. The van der Waals surface area contributed by atoms with Crippen molar-refractivity contribution in [1.29, 1.82) is 0 Å². The van der Waals surface area contributed by atoms with Gasteiger partial charge in [-0.1, -0.05) is 26.0 Å². The van der Waals surface area contributed by atoms with Crippen molar-refractivity contribution in [3.63, 3.8) is 0 Å². The Balaban J connectivity index is 1.76. The Labute approximate surface area is 146 Å². The molecule has 3 rings (SSSR count). The maximum atomic E-state index is 12.5. The predicted molar refractivity (Wildman–Crippen MR) is 98.9 cm³/mol. The summed E-state index contributed by atoms with van der Waals surface area (Å²) in [5.74, 6) is 1.02. The number of hydrogen-bond acceptors (Lipinski definition) is 3. The molecule has 0 unspecified atom stereocenters. The molecule has 2 aromatic rings. The maximum Gasteiger partial charge on any atom is 0.255 e. The fraction of sp³-hybridized carbons (Fsp3) is 0.263. The van der Waals surface area contributed by atoms with Gasteiger partial charge in [0, 0.05) is 28.3 Å². The smallest absolute Gasteiger partial charge is 0.255 e. The van der Waals surface area contributed by atoms with Crippen molar-refractivity contribution >= 4 is 35.0 Å². The van der Waals surface area contributed by atoms with Gasteiger partial charge in [-0.2, -0.15) is 0 Å². The van der Waals surface area contributed by atoms with E-state index in [1.54, 1.807) is 23.9 Å². The quantitative estimate of drug-likeness (QED) is 0.865. The van der Waals surface area contributed by atoms with Gasteiger partial charge >= 0.3 is 0 Å². The first-order valence-electron chi connectivity index (χ1n) is 8.01. The number of rotatable bonds is 3. The molecule has 1 aliphatic rings. The Hall–Kier alpha value is -2.27. The van der Waals surface area contributed by atoms with E-state index < -0.39 is 0 Å². The number of carbonyl (C=O) groups excluding carboxylic acids is 2. The number of fused-ring (bicyclic) bond motifs is 1. The first-order chi connectivity index (χ1) is 11.5. The van der Waals surface area contributed by atoms with E-state index in [1.807, 2.05) is 30.3 Å². The lowest BCUT2D eigenvalue weighted by molar-refractivity contribution is -0.115. The van der Waals surface area contributed by atoms with E-state index >= 15 is 0 Å². The van der Waals surface area contributed by atoms with E-state index in [2.05, 4.69) is 24.5 Å². The van der Waals surface area contributed by atoms with E-state index in [4.69, 9.17) is 0 Å². The summed E-state index contributed by atoms with van der Waals surface area (Å²) in [5, 5.41) is 5.76. The Morgan fingerprint density at radius 3 is 2.62 bits per heavy atom. The molecule has 0 spiro atoms. The first kappa shape index (κ1) is 16.6. The van der Waals surface area contributed by atoms with Gasteiger partial charge in [-0.3, -0.25) is 9.59 Å². The number of carbonyl (C=O) groups is 2. The third-order valence-corrected chi connectivity index (χ3v) is 5.01. The van der Waals surface area contributed by atoms with Crippen LogP contribution in [-0.4, -0.2) is 17.6 Å². The van der Waals surface area contributed by atoms with Crippen LogP contribution in [0.25, 0.3) is 0 Å². The Morgan fingerprint density at radius 2 is 1.92 bits per heavy atom. The van der Waals surface area contributed by atoms with Gasteiger partial charge in [0.1, 0.15) is 0 Å². The molecule has 1 aliphatic heterocycles. The predicted octanol–water partition coefficient (Wildman–Crippen LogP) is 4.50. The van der Waals surface area contributed by atoms with Crippen LogP contribution in [0.4, 0.5) is 11.4 Å². The molecule has 2 N–H and O–H groups in total. The third kappa shape index (κ3) is 3.79. The molecule has 2 aromatic carbocycles. The SMILES string of the molecule is CC(C)c1ccc(NC(=O)c2ccc3c(c2)NC(=O)CCS3)cc1. The highest BCUT2D eigenvalue weighted by molar-refractivity contribution is 7.99. The molecule has 0 saturated carbocycles. The molecule has 0 bridgehead atoms. The lowest BCUT2D eigenvalue weighted by atomic mass is 10.0. The summed E-state index contributed by atoms with van der Waals surface area (Å²) >= 11 is 1.63. The molecule has 0 aromatic heterocycles. The van der Waals surface area contributed by atoms with E-state index in [1.165, 1.54) is 5.56 Å². The van der Waals surface area contributed by atoms with E-state index in [0.29, 0.717) is 23.6 Å². The number of nitrogens with one attached hydrogen (secondary N) is 2. The van der Waals surface area contributed by atoms with Crippen LogP contribution in [-0.2, 0) is 4.79 Å². The van der Waals surface area contributed by atoms with Gasteiger partial charge in [0.25, 0.3) is 5.91 Å². The minimum absolute atomic E-state index is 0.0110. The van der Waals surface area contributed by atoms with Crippen molar-refractivity contribution in [1.82, 2.24) is 0 Å². The molecule has 24 heavy (non-hydrogen) atoms. The van der Waals surface area contributed by atoms with Crippen LogP contribution in [0.15, 0.2) is 47.4 Å². The zero-order chi connectivity index (χ0) is 17.1. The van der Waals surface area contributed by atoms with E-state index in [9.17, 15) is 9.59 Å². The van der Waals surface area contributed by atoms with Gasteiger partial charge < -0.3 is 10.6 Å². The average Bonchev–Trinajstić information content (AvgIpc) is 2.75. The molecule has 0 aliphatic carbocycles. The molecule has 5 heteroatoms. The van der Waals surface area contributed by atoms with Crippen molar-refractivity contribution in [2.24, 2.45) is 0 Å². The zero-order valence-electron chi connectivity index (χ0n) is 13.8. The molecule has 2 amide bonds. The van der Waals surface area contributed by atoms with Crippen molar-refractivity contribution in [3.8, 4) is 0 Å². The highest BCUT2D eigenvalue weighted by Gasteiger charge is 2.16. The van der Waals surface area contributed by atoms with Crippen LogP contribution in [0.2, 0.25) is 0 Å². The summed E-state index contributed by atoms with van der Waals surface area (Å²) in [5.41, 5.74) is 3.24. The minimum atomic E-state index is -0.182. The van der Waals surface area contributed by atoms with Crippen molar-refractivity contribution in [3.05, 3.63) is 53.6 Å². The normalized spacial score (nSPS) is 13.9. The van der Waals surface area contributed by atoms with Crippen LogP contribution >= 0.6 is 11.8 Å². The Morgan fingerprint density at radius 1 is 1.17 bits per heavy atom. The van der Waals surface area contributed by atoms with Crippen LogP contribution in [0.1, 0.15) is 42.1 Å². The number of benzene rings is 2. The second-order valence-electron chi connectivity index (χ2n) is 6.09. The van der Waals surface area contributed by atoms with E-state index in [0.717, 1.165) is 16.3 Å². The largest absolute Gasteiger partial charge is 0.325 e. The molecule has 124 valence electrons. The third-order valence-electron chi connectivity index (χ3n) is 3.94. The number of hydrogen-bond donors (Lipinski definition) is 2. The zero-order valence-corrected chi connectivity index (χ0v) is 14.6. The lowest BCUT2D eigenvalue weighted by Gasteiger charge is -2.11.